The molecule has 11 heteroatoms. The largest absolute Gasteiger partial charge is 0.415 e. The van der Waals surface area contributed by atoms with E-state index >= 15 is 0 Å². The summed E-state index contributed by atoms with van der Waals surface area (Å²) in [6.45, 7) is 0.0277. The number of aromatic amines is 1. The molecule has 0 radical (unpaired) electrons. The summed E-state index contributed by atoms with van der Waals surface area (Å²) in [5.41, 5.74) is -0.0427. The Morgan fingerprint density at radius 2 is 2.08 bits per heavy atom. The van der Waals surface area contributed by atoms with Gasteiger partial charge in [0.1, 0.15) is 0 Å². The molecule has 0 atom stereocenters. The van der Waals surface area contributed by atoms with Crippen molar-refractivity contribution in [1.82, 2.24) is 25.0 Å². The molecule has 24 heavy (non-hydrogen) atoms. The lowest BCUT2D eigenvalue weighted by Crippen LogP contribution is -2.30. The van der Waals surface area contributed by atoms with Crippen LogP contribution in [0.5, 0.6) is 0 Å². The molecule has 0 saturated carbocycles. The first-order valence-electron chi connectivity index (χ1n) is 6.50. The Balaban J connectivity index is 1.85. The second kappa shape index (κ2) is 6.43. The van der Waals surface area contributed by atoms with Crippen LogP contribution < -0.4 is 11.1 Å². The Bertz CT molecular complexity index is 980. The lowest BCUT2D eigenvalue weighted by Gasteiger charge is -2.05. The summed E-state index contributed by atoms with van der Waals surface area (Å²) in [5, 5.41) is 9.12. The molecule has 0 saturated heterocycles. The third-order valence-corrected chi connectivity index (χ3v) is 3.54. The molecule has 1 N–H and O–H groups in total. The third-order valence-electron chi connectivity index (χ3n) is 2.97. The Hall–Kier alpha value is -2.69. The number of nitrogens with one attached hydrogen (secondary N) is 1. The predicted octanol–water partition coefficient (Wildman–Crippen LogP) is 1.73. The Kier molecular flexibility index (Phi) is 4.34. The number of pyridine rings is 1. The van der Waals surface area contributed by atoms with Gasteiger partial charge in [-0.3, -0.25) is 19.7 Å². The van der Waals surface area contributed by atoms with Crippen molar-refractivity contribution in [3.8, 4) is 11.5 Å². The molecule has 0 unspecified atom stereocenters. The van der Waals surface area contributed by atoms with Crippen LogP contribution in [0.2, 0.25) is 0 Å². The highest BCUT2D eigenvalue weighted by Crippen LogP contribution is 2.22. The highest BCUT2D eigenvalue weighted by atomic mass is 79.9. The van der Waals surface area contributed by atoms with Crippen LogP contribution in [0.1, 0.15) is 18.0 Å². The number of alkyl halides is 2. The molecule has 3 rings (SSSR count). The maximum Gasteiger partial charge on any atom is 0.314 e. The molecule has 0 spiro atoms. The van der Waals surface area contributed by atoms with Gasteiger partial charge in [-0.2, -0.15) is 8.78 Å². The number of rotatable bonds is 4. The minimum absolute atomic E-state index is 0.0277. The van der Waals surface area contributed by atoms with Crippen molar-refractivity contribution in [3.05, 3.63) is 61.2 Å². The molecule has 0 aliphatic carbocycles. The van der Waals surface area contributed by atoms with Gasteiger partial charge in [0.15, 0.2) is 0 Å². The van der Waals surface area contributed by atoms with Crippen LogP contribution in [-0.4, -0.2) is 25.0 Å². The SMILES string of the molecule is O=c1cc(Br)c(=O)n(Cc2ccc(-c3nnc(C(F)F)o3)cn2)[nH]1. The molecule has 0 amide bonds. The van der Waals surface area contributed by atoms with E-state index in [-0.39, 0.29) is 16.9 Å². The van der Waals surface area contributed by atoms with Gasteiger partial charge in [0, 0.05) is 12.3 Å². The highest BCUT2D eigenvalue weighted by molar-refractivity contribution is 9.10. The lowest BCUT2D eigenvalue weighted by molar-refractivity contribution is 0.116. The maximum atomic E-state index is 12.4. The van der Waals surface area contributed by atoms with Gasteiger partial charge in [-0.1, -0.05) is 0 Å². The van der Waals surface area contributed by atoms with Crippen LogP contribution in [0.25, 0.3) is 11.5 Å². The van der Waals surface area contributed by atoms with Crippen molar-refractivity contribution in [2.75, 3.05) is 0 Å². The van der Waals surface area contributed by atoms with Gasteiger partial charge in [0.05, 0.1) is 22.3 Å². The van der Waals surface area contributed by atoms with Crippen LogP contribution in [0, 0.1) is 0 Å². The Morgan fingerprint density at radius 1 is 1.29 bits per heavy atom. The Labute approximate surface area is 140 Å². The molecular formula is C13H8BrF2N5O3. The van der Waals surface area contributed by atoms with Gasteiger partial charge in [0.2, 0.25) is 5.89 Å². The van der Waals surface area contributed by atoms with Crippen molar-refractivity contribution >= 4 is 15.9 Å². The van der Waals surface area contributed by atoms with E-state index in [4.69, 9.17) is 4.42 Å². The van der Waals surface area contributed by atoms with Gasteiger partial charge < -0.3 is 4.42 Å². The van der Waals surface area contributed by atoms with Crippen molar-refractivity contribution < 1.29 is 13.2 Å². The first-order chi connectivity index (χ1) is 11.4. The minimum Gasteiger partial charge on any atom is -0.415 e. The smallest absolute Gasteiger partial charge is 0.314 e. The summed E-state index contributed by atoms with van der Waals surface area (Å²) in [6.07, 6.45) is -1.50. The van der Waals surface area contributed by atoms with Gasteiger partial charge in [-0.05, 0) is 28.1 Å². The molecular weight excluding hydrogens is 392 g/mol. The fourth-order valence-electron chi connectivity index (χ4n) is 1.88. The van der Waals surface area contributed by atoms with E-state index in [0.29, 0.717) is 11.3 Å². The van der Waals surface area contributed by atoms with E-state index in [1.807, 2.05) is 0 Å². The zero-order valence-corrected chi connectivity index (χ0v) is 13.3. The van der Waals surface area contributed by atoms with Crippen LogP contribution in [-0.2, 0) is 6.54 Å². The molecule has 0 aliphatic rings. The lowest BCUT2D eigenvalue weighted by atomic mass is 10.2. The summed E-state index contributed by atoms with van der Waals surface area (Å²) in [7, 11) is 0. The highest BCUT2D eigenvalue weighted by Gasteiger charge is 2.17. The fourth-order valence-corrected chi connectivity index (χ4v) is 2.30. The van der Waals surface area contributed by atoms with E-state index < -0.39 is 23.4 Å². The molecule has 124 valence electrons. The molecule has 3 aromatic heterocycles. The summed E-state index contributed by atoms with van der Waals surface area (Å²) in [5.74, 6) is -0.857. The number of hydrogen-bond donors (Lipinski definition) is 1. The molecule has 3 aromatic rings. The van der Waals surface area contributed by atoms with E-state index in [2.05, 4.69) is 36.2 Å². The van der Waals surface area contributed by atoms with Gasteiger partial charge in [-0.25, -0.2) is 4.68 Å². The first kappa shape index (κ1) is 16.2. The van der Waals surface area contributed by atoms with Crippen molar-refractivity contribution in [1.29, 1.82) is 0 Å². The third kappa shape index (κ3) is 3.30. The van der Waals surface area contributed by atoms with Crippen molar-refractivity contribution in [3.63, 3.8) is 0 Å². The zero-order chi connectivity index (χ0) is 17.3. The molecule has 0 aliphatic heterocycles. The van der Waals surface area contributed by atoms with Crippen molar-refractivity contribution in [2.45, 2.75) is 13.0 Å². The number of H-pyrrole nitrogens is 1. The molecule has 3 heterocycles. The topological polar surface area (TPSA) is 107 Å². The normalized spacial score (nSPS) is 11.2. The van der Waals surface area contributed by atoms with Crippen LogP contribution in [0.15, 0.2) is 42.9 Å². The Morgan fingerprint density at radius 3 is 2.71 bits per heavy atom. The average Bonchev–Trinajstić information content (AvgIpc) is 3.03. The second-order valence-electron chi connectivity index (χ2n) is 4.64. The fraction of sp³-hybridized carbons (Fsp3) is 0.154. The zero-order valence-electron chi connectivity index (χ0n) is 11.7. The number of hydrogen-bond acceptors (Lipinski definition) is 6. The molecule has 0 aromatic carbocycles. The quantitative estimate of drug-likeness (QED) is 0.715. The minimum atomic E-state index is -2.85. The number of halogens is 3. The average molecular weight is 400 g/mol. The monoisotopic (exact) mass is 399 g/mol. The van der Waals surface area contributed by atoms with E-state index in [1.54, 1.807) is 6.07 Å². The van der Waals surface area contributed by atoms with Crippen LogP contribution in [0.3, 0.4) is 0 Å². The number of aromatic nitrogens is 5. The summed E-state index contributed by atoms with van der Waals surface area (Å²) < 4.78 is 30.9. The van der Waals surface area contributed by atoms with E-state index in [9.17, 15) is 18.4 Å². The molecule has 0 fully saturated rings. The molecule has 8 nitrogen and oxygen atoms in total. The van der Waals surface area contributed by atoms with Gasteiger partial charge in [0.25, 0.3) is 17.0 Å². The second-order valence-corrected chi connectivity index (χ2v) is 5.50. The van der Waals surface area contributed by atoms with Gasteiger partial charge in [-0.15, -0.1) is 10.2 Å². The van der Waals surface area contributed by atoms with E-state index in [0.717, 1.165) is 10.7 Å². The first-order valence-corrected chi connectivity index (χ1v) is 7.30. The predicted molar refractivity (Wildman–Crippen MR) is 80.6 cm³/mol. The summed E-state index contributed by atoms with van der Waals surface area (Å²) in [4.78, 5) is 27.4. The summed E-state index contributed by atoms with van der Waals surface area (Å²) >= 11 is 3.00. The maximum absolute atomic E-state index is 12.4. The van der Waals surface area contributed by atoms with Crippen molar-refractivity contribution in [2.24, 2.45) is 0 Å². The molecule has 0 bridgehead atoms. The standard InChI is InChI=1S/C13H8BrF2N5O3/c14-8-3-9(22)20-21(13(8)23)5-7-2-1-6(4-17-7)11-18-19-12(24-11)10(15)16/h1-4,10H,5H2,(H,20,22). The number of nitrogens with zero attached hydrogens (tertiary/aromatic N) is 4. The van der Waals surface area contributed by atoms with Crippen LogP contribution in [0.4, 0.5) is 8.78 Å². The van der Waals surface area contributed by atoms with Crippen LogP contribution >= 0.6 is 15.9 Å². The summed E-state index contributed by atoms with van der Waals surface area (Å²) in [6, 6.07) is 4.21. The van der Waals surface area contributed by atoms with E-state index in [1.165, 1.54) is 12.3 Å². The van der Waals surface area contributed by atoms with Gasteiger partial charge >= 0.3 is 6.43 Å².